The van der Waals surface area contributed by atoms with Crippen LogP contribution in [0.4, 0.5) is 4.39 Å². The lowest BCUT2D eigenvalue weighted by Crippen LogP contribution is -2.21. The Kier molecular flexibility index (Phi) is 4.08. The number of rotatable bonds is 4. The Morgan fingerprint density at radius 2 is 1.95 bits per heavy atom. The highest BCUT2D eigenvalue weighted by atomic mass is 79.9. The van der Waals surface area contributed by atoms with Crippen molar-refractivity contribution in [2.24, 2.45) is 0 Å². The molecule has 0 spiro atoms. The summed E-state index contributed by atoms with van der Waals surface area (Å²) in [5.41, 5.74) is 1.40. The van der Waals surface area contributed by atoms with Crippen molar-refractivity contribution < 1.29 is 8.81 Å². The van der Waals surface area contributed by atoms with Gasteiger partial charge in [0, 0.05) is 9.86 Å². The van der Waals surface area contributed by atoms with E-state index in [1.807, 2.05) is 43.3 Å². The summed E-state index contributed by atoms with van der Waals surface area (Å²) in [6, 6.07) is 14.8. The van der Waals surface area contributed by atoms with E-state index in [1.54, 1.807) is 6.07 Å². The topological polar surface area (TPSA) is 25.2 Å². The SMILES string of the molecule is CCNC(c1ccc(Br)cc1)c1cc2cccc(F)c2o1. The fraction of sp³-hybridized carbons (Fsp3) is 0.176. The molecular weight excluding hydrogens is 333 g/mol. The number of halogens is 2. The quantitative estimate of drug-likeness (QED) is 0.715. The van der Waals surface area contributed by atoms with Gasteiger partial charge < -0.3 is 9.73 Å². The summed E-state index contributed by atoms with van der Waals surface area (Å²) < 4.78 is 20.6. The minimum Gasteiger partial charge on any atom is -0.456 e. The highest BCUT2D eigenvalue weighted by Gasteiger charge is 2.18. The highest BCUT2D eigenvalue weighted by Crippen LogP contribution is 2.30. The predicted octanol–water partition coefficient (Wildman–Crippen LogP) is 5.03. The van der Waals surface area contributed by atoms with E-state index in [0.717, 1.165) is 27.7 Å². The Morgan fingerprint density at radius 1 is 1.19 bits per heavy atom. The summed E-state index contributed by atoms with van der Waals surface area (Å²) in [6.07, 6.45) is 0. The van der Waals surface area contributed by atoms with Gasteiger partial charge in [-0.25, -0.2) is 4.39 Å². The van der Waals surface area contributed by atoms with E-state index in [2.05, 4.69) is 21.2 Å². The first-order chi connectivity index (χ1) is 10.2. The molecular formula is C17H15BrFNO. The van der Waals surface area contributed by atoms with E-state index in [0.29, 0.717) is 5.58 Å². The molecule has 0 saturated heterocycles. The summed E-state index contributed by atoms with van der Waals surface area (Å²) in [5, 5.41) is 4.17. The smallest absolute Gasteiger partial charge is 0.169 e. The van der Waals surface area contributed by atoms with Gasteiger partial charge in [0.05, 0.1) is 6.04 Å². The van der Waals surface area contributed by atoms with E-state index in [1.165, 1.54) is 6.07 Å². The third-order valence-electron chi connectivity index (χ3n) is 3.41. The van der Waals surface area contributed by atoms with E-state index in [9.17, 15) is 4.39 Å². The maximum atomic E-state index is 13.8. The minimum atomic E-state index is -0.329. The molecule has 1 N–H and O–H groups in total. The van der Waals surface area contributed by atoms with Crippen LogP contribution >= 0.6 is 15.9 Å². The molecule has 21 heavy (non-hydrogen) atoms. The summed E-state index contributed by atoms with van der Waals surface area (Å²) in [6.45, 7) is 2.83. The molecule has 0 saturated carbocycles. The van der Waals surface area contributed by atoms with Crippen molar-refractivity contribution in [1.82, 2.24) is 5.32 Å². The molecule has 1 heterocycles. The van der Waals surface area contributed by atoms with Crippen molar-refractivity contribution in [1.29, 1.82) is 0 Å². The van der Waals surface area contributed by atoms with Gasteiger partial charge in [-0.05, 0) is 36.4 Å². The minimum absolute atomic E-state index is 0.0881. The molecule has 0 aliphatic heterocycles. The normalized spacial score (nSPS) is 12.7. The fourth-order valence-corrected chi connectivity index (χ4v) is 2.70. The summed E-state index contributed by atoms with van der Waals surface area (Å²) >= 11 is 3.43. The van der Waals surface area contributed by atoms with Crippen molar-refractivity contribution in [3.63, 3.8) is 0 Å². The van der Waals surface area contributed by atoms with Crippen LogP contribution in [0.15, 0.2) is 57.4 Å². The molecule has 2 nitrogen and oxygen atoms in total. The molecule has 0 aliphatic carbocycles. The number of furan rings is 1. The third-order valence-corrected chi connectivity index (χ3v) is 3.94. The summed E-state index contributed by atoms with van der Waals surface area (Å²) in [7, 11) is 0. The molecule has 1 aromatic heterocycles. The van der Waals surface area contributed by atoms with Crippen LogP contribution in [-0.2, 0) is 0 Å². The molecule has 2 aromatic carbocycles. The van der Waals surface area contributed by atoms with Crippen molar-refractivity contribution in [3.05, 3.63) is 70.1 Å². The zero-order chi connectivity index (χ0) is 14.8. The van der Waals surface area contributed by atoms with Crippen LogP contribution in [0.2, 0.25) is 0 Å². The molecule has 1 unspecified atom stereocenters. The van der Waals surface area contributed by atoms with E-state index in [-0.39, 0.29) is 11.9 Å². The average molecular weight is 348 g/mol. The van der Waals surface area contributed by atoms with Gasteiger partial charge in [0.25, 0.3) is 0 Å². The largest absolute Gasteiger partial charge is 0.456 e. The van der Waals surface area contributed by atoms with E-state index in [4.69, 9.17) is 4.42 Å². The Bertz CT molecular complexity index is 751. The molecule has 0 fully saturated rings. The van der Waals surface area contributed by atoms with Gasteiger partial charge >= 0.3 is 0 Å². The molecule has 1 atom stereocenters. The zero-order valence-electron chi connectivity index (χ0n) is 11.6. The summed E-state index contributed by atoms with van der Waals surface area (Å²) in [4.78, 5) is 0. The lowest BCUT2D eigenvalue weighted by molar-refractivity contribution is 0.465. The second-order valence-electron chi connectivity index (χ2n) is 4.85. The van der Waals surface area contributed by atoms with E-state index < -0.39 is 0 Å². The van der Waals surface area contributed by atoms with Crippen LogP contribution in [0.5, 0.6) is 0 Å². The van der Waals surface area contributed by atoms with Crippen LogP contribution in [-0.4, -0.2) is 6.54 Å². The van der Waals surface area contributed by atoms with Crippen LogP contribution in [0.25, 0.3) is 11.0 Å². The molecule has 0 radical (unpaired) electrons. The van der Waals surface area contributed by atoms with Gasteiger partial charge in [-0.1, -0.05) is 47.1 Å². The molecule has 0 aliphatic rings. The van der Waals surface area contributed by atoms with Crippen LogP contribution in [0.1, 0.15) is 24.3 Å². The number of hydrogen-bond acceptors (Lipinski definition) is 2. The molecule has 3 aromatic rings. The molecule has 0 bridgehead atoms. The Morgan fingerprint density at radius 3 is 2.62 bits per heavy atom. The molecule has 3 rings (SSSR count). The van der Waals surface area contributed by atoms with Crippen molar-refractivity contribution >= 4 is 26.9 Å². The maximum Gasteiger partial charge on any atom is 0.169 e. The van der Waals surface area contributed by atoms with Gasteiger partial charge in [0.2, 0.25) is 0 Å². The maximum absolute atomic E-state index is 13.8. The Labute approximate surface area is 131 Å². The lowest BCUT2D eigenvalue weighted by atomic mass is 10.0. The number of benzene rings is 2. The van der Waals surface area contributed by atoms with Gasteiger partial charge in [0.15, 0.2) is 11.4 Å². The second-order valence-corrected chi connectivity index (χ2v) is 5.76. The van der Waals surface area contributed by atoms with Gasteiger partial charge in [-0.3, -0.25) is 0 Å². The van der Waals surface area contributed by atoms with Crippen molar-refractivity contribution in [2.75, 3.05) is 6.54 Å². The predicted molar refractivity (Wildman–Crippen MR) is 85.8 cm³/mol. The van der Waals surface area contributed by atoms with Crippen molar-refractivity contribution in [3.8, 4) is 0 Å². The number of nitrogens with one attached hydrogen (secondary N) is 1. The standard InChI is InChI=1S/C17H15BrFNO/c1-2-20-16(11-6-8-13(18)9-7-11)15-10-12-4-3-5-14(19)17(12)21-15/h3-10,16,20H,2H2,1H3. The monoisotopic (exact) mass is 347 g/mol. The van der Waals surface area contributed by atoms with Gasteiger partial charge in [-0.2, -0.15) is 0 Å². The Balaban J connectivity index is 2.06. The van der Waals surface area contributed by atoms with Crippen LogP contribution < -0.4 is 5.32 Å². The number of fused-ring (bicyclic) bond motifs is 1. The van der Waals surface area contributed by atoms with Crippen LogP contribution in [0.3, 0.4) is 0 Å². The zero-order valence-corrected chi connectivity index (χ0v) is 13.2. The number of para-hydroxylation sites is 1. The first-order valence-corrected chi connectivity index (χ1v) is 7.65. The molecule has 4 heteroatoms. The highest BCUT2D eigenvalue weighted by molar-refractivity contribution is 9.10. The Hall–Kier alpha value is -1.65. The molecule has 0 amide bonds. The van der Waals surface area contributed by atoms with Gasteiger partial charge in [-0.15, -0.1) is 0 Å². The fourth-order valence-electron chi connectivity index (χ4n) is 2.43. The number of hydrogen-bond donors (Lipinski definition) is 1. The first-order valence-electron chi connectivity index (χ1n) is 6.86. The van der Waals surface area contributed by atoms with Gasteiger partial charge in [0.1, 0.15) is 5.76 Å². The third kappa shape index (κ3) is 2.87. The van der Waals surface area contributed by atoms with Crippen molar-refractivity contribution in [2.45, 2.75) is 13.0 Å². The van der Waals surface area contributed by atoms with E-state index >= 15 is 0 Å². The molecule has 108 valence electrons. The summed E-state index contributed by atoms with van der Waals surface area (Å²) in [5.74, 6) is 0.393. The average Bonchev–Trinajstić information content (AvgIpc) is 2.91. The first kappa shape index (κ1) is 14.3. The second kappa shape index (κ2) is 6.00. The van der Waals surface area contributed by atoms with Crippen LogP contribution in [0, 0.1) is 5.82 Å². The lowest BCUT2D eigenvalue weighted by Gasteiger charge is -2.16.